The summed E-state index contributed by atoms with van der Waals surface area (Å²) >= 11 is 1.49. The predicted molar refractivity (Wildman–Crippen MR) is 100 cm³/mol. The van der Waals surface area contributed by atoms with Gasteiger partial charge in [0.2, 0.25) is 4.96 Å². The van der Waals surface area contributed by atoms with Crippen LogP contribution in [0.4, 0.5) is 5.95 Å². The number of carbonyl (C=O) groups excluding carboxylic acids is 3. The van der Waals surface area contributed by atoms with Gasteiger partial charge in [-0.3, -0.25) is 24.6 Å². The number of benzene rings is 1. The molecule has 1 N–H and O–H groups in total. The molecule has 138 valence electrons. The lowest BCUT2D eigenvalue weighted by molar-refractivity contribution is 0.0609. The van der Waals surface area contributed by atoms with Crippen LogP contribution >= 0.6 is 11.3 Å². The number of hydrogen-bond acceptors (Lipinski definition) is 6. The van der Waals surface area contributed by atoms with Crippen molar-refractivity contribution >= 4 is 40.0 Å². The maximum Gasteiger partial charge on any atom is 0.261 e. The summed E-state index contributed by atoms with van der Waals surface area (Å²) in [6.45, 7) is 7.46. The Morgan fingerprint density at radius 3 is 2.52 bits per heavy atom. The highest BCUT2D eigenvalue weighted by molar-refractivity contribution is 7.17. The van der Waals surface area contributed by atoms with Gasteiger partial charge in [0.1, 0.15) is 0 Å². The molecule has 0 radical (unpaired) electrons. The van der Waals surface area contributed by atoms with Crippen molar-refractivity contribution in [3.63, 3.8) is 0 Å². The van der Waals surface area contributed by atoms with Gasteiger partial charge < -0.3 is 0 Å². The van der Waals surface area contributed by atoms with Gasteiger partial charge in [0.15, 0.2) is 0 Å². The fourth-order valence-electron chi connectivity index (χ4n) is 3.04. The summed E-state index contributed by atoms with van der Waals surface area (Å²) in [5.41, 5.74) is 1.80. The van der Waals surface area contributed by atoms with E-state index in [0.717, 1.165) is 10.6 Å². The van der Waals surface area contributed by atoms with Crippen molar-refractivity contribution in [2.75, 3.05) is 5.32 Å². The van der Waals surface area contributed by atoms with Gasteiger partial charge in [-0.1, -0.05) is 11.3 Å². The van der Waals surface area contributed by atoms with Crippen LogP contribution in [-0.2, 0) is 0 Å². The van der Waals surface area contributed by atoms with E-state index in [2.05, 4.69) is 15.4 Å². The zero-order valence-electron chi connectivity index (χ0n) is 15.2. The molecule has 0 aliphatic carbocycles. The molecule has 0 bridgehead atoms. The van der Waals surface area contributed by atoms with Crippen LogP contribution < -0.4 is 5.32 Å². The first-order valence-corrected chi connectivity index (χ1v) is 9.25. The van der Waals surface area contributed by atoms with Crippen LogP contribution in [0.1, 0.15) is 55.5 Å². The van der Waals surface area contributed by atoms with Gasteiger partial charge in [-0.05, 0) is 45.9 Å². The number of imide groups is 1. The molecule has 3 aromatic rings. The molecular formula is C18H17N5O3S. The van der Waals surface area contributed by atoms with Gasteiger partial charge in [-0.15, -0.1) is 5.10 Å². The summed E-state index contributed by atoms with van der Waals surface area (Å²) in [7, 11) is 0. The summed E-state index contributed by atoms with van der Waals surface area (Å²) in [5, 5.41) is 6.93. The number of nitrogens with one attached hydrogen (secondary N) is 1. The smallest absolute Gasteiger partial charge is 0.261 e. The second kappa shape index (κ2) is 5.98. The van der Waals surface area contributed by atoms with Gasteiger partial charge in [-0.25, -0.2) is 4.52 Å². The molecule has 27 heavy (non-hydrogen) atoms. The van der Waals surface area contributed by atoms with E-state index in [9.17, 15) is 14.4 Å². The monoisotopic (exact) mass is 383 g/mol. The lowest BCUT2D eigenvalue weighted by Crippen LogP contribution is -2.35. The number of aromatic nitrogens is 3. The van der Waals surface area contributed by atoms with Crippen LogP contribution in [0.3, 0.4) is 0 Å². The zero-order chi connectivity index (χ0) is 19.5. The summed E-state index contributed by atoms with van der Waals surface area (Å²) in [4.78, 5) is 44.7. The number of carbonyl (C=O) groups is 3. The Morgan fingerprint density at radius 2 is 1.85 bits per heavy atom. The first kappa shape index (κ1) is 17.3. The number of nitrogens with zero attached hydrogens (tertiary/aromatic N) is 4. The molecule has 4 rings (SSSR count). The quantitative estimate of drug-likeness (QED) is 0.702. The SMILES string of the molecule is Cc1sc2nc(NC(=O)c3ccc4c(c3)C(=O)N(C(C)C)C4=O)nn2c1C. The Morgan fingerprint density at radius 1 is 1.15 bits per heavy atom. The van der Waals surface area contributed by atoms with Gasteiger partial charge in [-0.2, -0.15) is 4.98 Å². The molecule has 0 atom stereocenters. The van der Waals surface area contributed by atoms with E-state index in [-0.39, 0.29) is 34.9 Å². The number of thiazole rings is 1. The largest absolute Gasteiger partial charge is 0.289 e. The van der Waals surface area contributed by atoms with E-state index in [1.165, 1.54) is 34.4 Å². The summed E-state index contributed by atoms with van der Waals surface area (Å²) < 4.78 is 1.68. The minimum atomic E-state index is -0.436. The average Bonchev–Trinajstić information content (AvgIpc) is 3.20. The first-order chi connectivity index (χ1) is 12.8. The molecule has 1 aliphatic rings. The number of amides is 3. The van der Waals surface area contributed by atoms with Crippen LogP contribution in [-0.4, -0.2) is 43.3 Å². The Kier molecular flexibility index (Phi) is 3.84. The predicted octanol–water partition coefficient (Wildman–Crippen LogP) is 2.66. The summed E-state index contributed by atoms with van der Waals surface area (Å²) in [6.07, 6.45) is 0. The normalized spacial score (nSPS) is 13.7. The number of rotatable bonds is 3. The minimum Gasteiger partial charge on any atom is -0.289 e. The third kappa shape index (κ3) is 2.62. The highest BCUT2D eigenvalue weighted by Gasteiger charge is 2.37. The topological polar surface area (TPSA) is 96.7 Å². The Hall–Kier alpha value is -3.07. The summed E-state index contributed by atoms with van der Waals surface area (Å²) in [6, 6.07) is 4.24. The first-order valence-electron chi connectivity index (χ1n) is 8.44. The van der Waals surface area contributed by atoms with Crippen LogP contribution in [0.15, 0.2) is 18.2 Å². The van der Waals surface area contributed by atoms with Crippen LogP contribution in [0.25, 0.3) is 4.96 Å². The van der Waals surface area contributed by atoms with E-state index >= 15 is 0 Å². The molecule has 0 saturated carbocycles. The second-order valence-corrected chi connectivity index (χ2v) is 7.84. The number of fused-ring (bicyclic) bond motifs is 2. The Labute approximate surface area is 158 Å². The molecule has 0 spiro atoms. The van der Waals surface area contributed by atoms with Crippen molar-refractivity contribution in [2.24, 2.45) is 0 Å². The van der Waals surface area contributed by atoms with Crippen molar-refractivity contribution in [2.45, 2.75) is 33.7 Å². The number of hydrogen-bond donors (Lipinski definition) is 1. The Bertz CT molecular complexity index is 1130. The standard InChI is InChI=1S/C18H17N5O3S/c1-8(2)22-15(25)12-6-5-11(7-13(12)16(22)26)14(24)19-17-20-18-23(21-17)9(3)10(4)27-18/h5-8H,1-4H3,(H,19,21,24). The van der Waals surface area contributed by atoms with Gasteiger partial charge >= 0.3 is 0 Å². The van der Waals surface area contributed by atoms with Crippen molar-refractivity contribution in [3.05, 3.63) is 45.5 Å². The third-order valence-electron chi connectivity index (χ3n) is 4.57. The van der Waals surface area contributed by atoms with Crippen LogP contribution in [0, 0.1) is 13.8 Å². The van der Waals surface area contributed by atoms with E-state index in [1.54, 1.807) is 18.4 Å². The van der Waals surface area contributed by atoms with E-state index < -0.39 is 5.91 Å². The summed E-state index contributed by atoms with van der Waals surface area (Å²) in [5.74, 6) is -0.958. The molecule has 8 nitrogen and oxygen atoms in total. The van der Waals surface area contributed by atoms with Gasteiger partial charge in [0.25, 0.3) is 23.7 Å². The van der Waals surface area contributed by atoms with Crippen LogP contribution in [0.2, 0.25) is 0 Å². The van der Waals surface area contributed by atoms with Crippen molar-refractivity contribution in [3.8, 4) is 0 Å². The maximum absolute atomic E-state index is 12.6. The molecule has 1 aliphatic heterocycles. The lowest BCUT2D eigenvalue weighted by atomic mass is 10.1. The molecule has 0 fully saturated rings. The molecule has 3 amide bonds. The zero-order valence-corrected chi connectivity index (χ0v) is 16.0. The molecule has 1 aromatic carbocycles. The highest BCUT2D eigenvalue weighted by atomic mass is 32.1. The average molecular weight is 383 g/mol. The molecule has 0 unspecified atom stereocenters. The van der Waals surface area contributed by atoms with E-state index in [4.69, 9.17) is 0 Å². The Balaban J connectivity index is 1.62. The molecule has 2 aromatic heterocycles. The van der Waals surface area contributed by atoms with Crippen molar-refractivity contribution < 1.29 is 14.4 Å². The van der Waals surface area contributed by atoms with E-state index in [0.29, 0.717) is 10.5 Å². The highest BCUT2D eigenvalue weighted by Crippen LogP contribution is 2.26. The van der Waals surface area contributed by atoms with Crippen molar-refractivity contribution in [1.82, 2.24) is 19.5 Å². The third-order valence-corrected chi connectivity index (χ3v) is 5.62. The van der Waals surface area contributed by atoms with Gasteiger partial charge in [0, 0.05) is 16.5 Å². The fourth-order valence-corrected chi connectivity index (χ4v) is 3.94. The van der Waals surface area contributed by atoms with Gasteiger partial charge in [0.05, 0.1) is 16.8 Å². The number of anilines is 1. The van der Waals surface area contributed by atoms with E-state index in [1.807, 2.05) is 13.8 Å². The minimum absolute atomic E-state index is 0.195. The van der Waals surface area contributed by atoms with Crippen LogP contribution in [0.5, 0.6) is 0 Å². The lowest BCUT2D eigenvalue weighted by Gasteiger charge is -2.17. The fraction of sp³-hybridized carbons (Fsp3) is 0.278. The molecule has 0 saturated heterocycles. The molecule has 3 heterocycles. The molecular weight excluding hydrogens is 366 g/mol. The maximum atomic E-state index is 12.6. The van der Waals surface area contributed by atoms with Crippen molar-refractivity contribution in [1.29, 1.82) is 0 Å². The number of aryl methyl sites for hydroxylation is 2. The second-order valence-electron chi connectivity index (χ2n) is 6.66. The molecule has 9 heteroatoms.